The molecule has 7 nitrogen and oxygen atoms in total. The number of nitrogens with one attached hydrogen (secondary N) is 1. The maximum Gasteiger partial charge on any atom is 0.417 e. The molecule has 3 amide bonds. The molecule has 9 heteroatoms. The van der Waals surface area contributed by atoms with Crippen molar-refractivity contribution >= 4 is 41.5 Å². The lowest BCUT2D eigenvalue weighted by Gasteiger charge is -2.29. The Morgan fingerprint density at radius 3 is 2.64 bits per heavy atom. The van der Waals surface area contributed by atoms with Crippen molar-refractivity contribution in [3.63, 3.8) is 0 Å². The molecule has 1 aromatic carbocycles. The number of aliphatic hydroxyl groups excluding tert-OH is 1. The molecule has 0 aromatic heterocycles. The van der Waals surface area contributed by atoms with Crippen LogP contribution in [0.4, 0.5) is 4.79 Å². The SMILES string of the molecule is CCc1c(Cl)cccc1SNC(=O)C1=C(O)CCN(C(=O)OC(C)(C)C)C1=O. The Kier molecular flexibility index (Phi) is 7.01. The first-order valence-electron chi connectivity index (χ1n) is 8.76. The van der Waals surface area contributed by atoms with Crippen molar-refractivity contribution in [3.8, 4) is 0 Å². The molecule has 0 atom stereocenters. The summed E-state index contributed by atoms with van der Waals surface area (Å²) >= 11 is 7.15. The van der Waals surface area contributed by atoms with Crippen molar-refractivity contribution in [3.05, 3.63) is 40.1 Å². The van der Waals surface area contributed by atoms with Gasteiger partial charge in [0.2, 0.25) is 0 Å². The van der Waals surface area contributed by atoms with E-state index in [4.69, 9.17) is 16.3 Å². The second-order valence-electron chi connectivity index (χ2n) is 7.11. The Balaban J connectivity index is 2.14. The van der Waals surface area contributed by atoms with Crippen LogP contribution in [-0.2, 0) is 20.7 Å². The highest BCUT2D eigenvalue weighted by Gasteiger charge is 2.37. The van der Waals surface area contributed by atoms with Gasteiger partial charge in [-0.25, -0.2) is 9.69 Å². The van der Waals surface area contributed by atoms with Crippen molar-refractivity contribution in [1.29, 1.82) is 0 Å². The minimum atomic E-state index is -0.891. The van der Waals surface area contributed by atoms with Crippen molar-refractivity contribution in [2.24, 2.45) is 0 Å². The number of rotatable bonds is 4. The van der Waals surface area contributed by atoms with Crippen molar-refractivity contribution < 1.29 is 24.2 Å². The lowest BCUT2D eigenvalue weighted by molar-refractivity contribution is -0.130. The van der Waals surface area contributed by atoms with Crippen LogP contribution >= 0.6 is 23.5 Å². The second kappa shape index (κ2) is 8.87. The van der Waals surface area contributed by atoms with Gasteiger partial charge in [0.05, 0.1) is 0 Å². The number of nitrogens with zero attached hydrogens (tertiary/aromatic N) is 1. The first-order valence-corrected chi connectivity index (χ1v) is 9.96. The van der Waals surface area contributed by atoms with Crippen LogP contribution in [0.5, 0.6) is 0 Å². The molecule has 1 aliphatic rings. The lowest BCUT2D eigenvalue weighted by atomic mass is 10.1. The van der Waals surface area contributed by atoms with Gasteiger partial charge < -0.3 is 9.84 Å². The van der Waals surface area contributed by atoms with Gasteiger partial charge in [0.15, 0.2) is 0 Å². The fourth-order valence-corrected chi connectivity index (χ4v) is 3.75. The molecule has 0 saturated carbocycles. The third-order valence-electron chi connectivity index (χ3n) is 3.84. The molecule has 28 heavy (non-hydrogen) atoms. The van der Waals surface area contributed by atoms with Gasteiger partial charge in [-0.1, -0.05) is 24.6 Å². The van der Waals surface area contributed by atoms with Crippen LogP contribution in [0.1, 0.15) is 39.7 Å². The number of aliphatic hydroxyl groups is 1. The van der Waals surface area contributed by atoms with E-state index in [1.807, 2.05) is 6.92 Å². The predicted octanol–water partition coefficient (Wildman–Crippen LogP) is 4.01. The van der Waals surface area contributed by atoms with Crippen molar-refractivity contribution in [1.82, 2.24) is 9.62 Å². The molecule has 0 spiro atoms. The van der Waals surface area contributed by atoms with Crippen molar-refractivity contribution in [2.75, 3.05) is 6.54 Å². The van der Waals surface area contributed by atoms with Crippen LogP contribution < -0.4 is 4.72 Å². The largest absolute Gasteiger partial charge is 0.511 e. The summed E-state index contributed by atoms with van der Waals surface area (Å²) in [5.41, 5.74) is -0.398. The number of carbonyl (C=O) groups is 3. The Morgan fingerprint density at radius 1 is 1.36 bits per heavy atom. The van der Waals surface area contributed by atoms with E-state index >= 15 is 0 Å². The van der Waals surface area contributed by atoms with Crippen LogP contribution in [0.15, 0.2) is 34.4 Å². The van der Waals surface area contributed by atoms with Crippen LogP contribution in [0.2, 0.25) is 5.02 Å². The van der Waals surface area contributed by atoms with Gasteiger partial charge in [-0.3, -0.25) is 14.3 Å². The molecule has 0 bridgehead atoms. The van der Waals surface area contributed by atoms with Crippen molar-refractivity contribution in [2.45, 2.75) is 51.0 Å². The average Bonchev–Trinajstić information content (AvgIpc) is 2.58. The fraction of sp³-hybridized carbons (Fsp3) is 0.421. The average molecular weight is 427 g/mol. The second-order valence-corrected chi connectivity index (χ2v) is 8.37. The van der Waals surface area contributed by atoms with E-state index in [1.54, 1.807) is 39.0 Å². The van der Waals surface area contributed by atoms with Crippen LogP contribution in [0.3, 0.4) is 0 Å². The smallest absolute Gasteiger partial charge is 0.417 e. The summed E-state index contributed by atoms with van der Waals surface area (Å²) in [5, 5.41) is 10.7. The number of carbonyl (C=O) groups excluding carboxylic acids is 3. The summed E-state index contributed by atoms with van der Waals surface area (Å²) in [6.45, 7) is 6.90. The summed E-state index contributed by atoms with van der Waals surface area (Å²) in [4.78, 5) is 38.9. The topological polar surface area (TPSA) is 95.9 Å². The normalized spacial score (nSPS) is 14.9. The van der Waals surface area contributed by atoms with E-state index in [9.17, 15) is 19.5 Å². The van der Waals surface area contributed by atoms with Gasteiger partial charge in [-0.15, -0.1) is 0 Å². The fourth-order valence-electron chi connectivity index (χ4n) is 2.55. The number of ether oxygens (including phenoxy) is 1. The van der Waals surface area contributed by atoms with E-state index in [1.165, 1.54) is 0 Å². The molecule has 0 saturated heterocycles. The standard InChI is InChI=1S/C19H23ClN2O5S/c1-5-11-12(20)7-6-8-14(11)28-21-16(24)15-13(23)9-10-22(17(15)25)18(26)27-19(2,3)4/h6-8,23H,5,9-10H2,1-4H3,(H,21,24). The van der Waals surface area contributed by atoms with Crippen LogP contribution in [-0.4, -0.2) is 40.1 Å². The summed E-state index contributed by atoms with van der Waals surface area (Å²) in [6.07, 6.45) is -0.210. The minimum Gasteiger partial charge on any atom is -0.511 e. The Labute approximate surface area is 173 Å². The Bertz CT molecular complexity index is 832. The van der Waals surface area contributed by atoms with E-state index < -0.39 is 29.1 Å². The summed E-state index contributed by atoms with van der Waals surface area (Å²) in [7, 11) is 0. The Morgan fingerprint density at radius 2 is 2.04 bits per heavy atom. The molecule has 1 aliphatic heterocycles. The first-order chi connectivity index (χ1) is 13.0. The van der Waals surface area contributed by atoms with E-state index in [0.29, 0.717) is 11.4 Å². The number of hydrogen-bond acceptors (Lipinski definition) is 6. The number of benzene rings is 1. The van der Waals surface area contributed by atoms with Crippen LogP contribution in [0.25, 0.3) is 0 Å². The highest BCUT2D eigenvalue weighted by Crippen LogP contribution is 2.28. The van der Waals surface area contributed by atoms with Gasteiger partial charge in [0, 0.05) is 22.9 Å². The van der Waals surface area contributed by atoms with Gasteiger partial charge in [0.25, 0.3) is 11.8 Å². The molecule has 1 heterocycles. The summed E-state index contributed by atoms with van der Waals surface area (Å²) in [5.74, 6) is -2.04. The molecule has 0 radical (unpaired) electrons. The third-order valence-corrected chi connectivity index (χ3v) is 5.09. The highest BCUT2D eigenvalue weighted by atomic mass is 35.5. The Hall–Kier alpha value is -2.19. The van der Waals surface area contributed by atoms with Gasteiger partial charge in [0.1, 0.15) is 16.9 Å². The lowest BCUT2D eigenvalue weighted by Crippen LogP contribution is -2.47. The molecular formula is C19H23ClN2O5S. The quantitative estimate of drug-likeness (QED) is 0.558. The summed E-state index contributed by atoms with van der Waals surface area (Å²) < 4.78 is 7.73. The number of hydrogen-bond donors (Lipinski definition) is 2. The van der Waals surface area contributed by atoms with E-state index in [-0.39, 0.29) is 18.7 Å². The zero-order valence-corrected chi connectivity index (χ0v) is 17.7. The summed E-state index contributed by atoms with van der Waals surface area (Å²) in [6, 6.07) is 5.30. The number of imide groups is 1. The minimum absolute atomic E-state index is 0.0181. The van der Waals surface area contributed by atoms with E-state index in [0.717, 1.165) is 27.3 Å². The molecule has 0 aliphatic carbocycles. The van der Waals surface area contributed by atoms with Gasteiger partial charge in [-0.2, -0.15) is 0 Å². The molecular weight excluding hydrogens is 404 g/mol. The number of halogens is 1. The maximum atomic E-state index is 12.6. The number of amides is 3. The highest BCUT2D eigenvalue weighted by molar-refractivity contribution is 7.98. The molecule has 1 aromatic rings. The monoisotopic (exact) mass is 426 g/mol. The molecule has 0 unspecified atom stereocenters. The first kappa shape index (κ1) is 22.1. The van der Waals surface area contributed by atoms with Gasteiger partial charge in [-0.05, 0) is 56.8 Å². The van der Waals surface area contributed by atoms with E-state index in [2.05, 4.69) is 4.72 Å². The van der Waals surface area contributed by atoms with Gasteiger partial charge >= 0.3 is 6.09 Å². The molecule has 2 N–H and O–H groups in total. The molecule has 2 rings (SSSR count). The zero-order chi connectivity index (χ0) is 21.1. The van der Waals surface area contributed by atoms with Crippen LogP contribution in [0, 0.1) is 0 Å². The molecule has 0 fully saturated rings. The maximum absolute atomic E-state index is 12.6. The third kappa shape index (κ3) is 5.20. The zero-order valence-electron chi connectivity index (χ0n) is 16.2. The predicted molar refractivity (Wildman–Crippen MR) is 107 cm³/mol. The molecule has 152 valence electrons.